The molecule has 0 amide bonds. The zero-order valence-electron chi connectivity index (χ0n) is 16.4. The highest BCUT2D eigenvalue weighted by atomic mass is 35.5. The van der Waals surface area contributed by atoms with Gasteiger partial charge in [0, 0.05) is 0 Å². The van der Waals surface area contributed by atoms with Gasteiger partial charge in [0.2, 0.25) is 11.6 Å². The number of anilines is 1. The van der Waals surface area contributed by atoms with E-state index >= 15 is 0 Å². The lowest BCUT2D eigenvalue weighted by Gasteiger charge is -2.06. The Balaban J connectivity index is 1.36. The molecule has 31 heavy (non-hydrogen) atoms. The summed E-state index contributed by atoms with van der Waals surface area (Å²) in [4.78, 5) is 4.19. The third-order valence-corrected chi connectivity index (χ3v) is 4.52. The maximum absolute atomic E-state index is 9.35. The Morgan fingerprint density at radius 2 is 1.77 bits per heavy atom. The van der Waals surface area contributed by atoms with Crippen LogP contribution in [-0.2, 0) is 6.61 Å². The molecule has 0 atom stereocenters. The molecule has 1 N–H and O–H groups in total. The summed E-state index contributed by atoms with van der Waals surface area (Å²) in [7, 11) is 0. The van der Waals surface area contributed by atoms with Gasteiger partial charge in [-0.2, -0.15) is 10.2 Å². The van der Waals surface area contributed by atoms with E-state index < -0.39 is 0 Å². The van der Waals surface area contributed by atoms with E-state index in [-0.39, 0.29) is 24.1 Å². The number of nitrogens with zero attached hydrogens (tertiary/aromatic N) is 2. The van der Waals surface area contributed by atoms with Crippen molar-refractivity contribution in [2.75, 3.05) is 18.5 Å². The van der Waals surface area contributed by atoms with Crippen LogP contribution in [0.1, 0.15) is 11.5 Å². The van der Waals surface area contributed by atoms with Gasteiger partial charge in [-0.15, -0.1) is 0 Å². The van der Waals surface area contributed by atoms with E-state index in [9.17, 15) is 5.26 Å². The Bertz CT molecular complexity index is 1180. The van der Waals surface area contributed by atoms with Crippen LogP contribution < -0.4 is 14.8 Å². The molecule has 0 bridgehead atoms. The van der Waals surface area contributed by atoms with Crippen molar-refractivity contribution < 1.29 is 18.3 Å². The minimum absolute atomic E-state index is 0.139. The summed E-state index contributed by atoms with van der Waals surface area (Å²) in [6.45, 7) is 1.03. The van der Waals surface area contributed by atoms with Gasteiger partial charge in [0.25, 0.3) is 5.89 Å². The second-order valence-electron chi connectivity index (χ2n) is 6.38. The van der Waals surface area contributed by atoms with Crippen LogP contribution in [0.4, 0.5) is 5.88 Å². The van der Waals surface area contributed by atoms with Gasteiger partial charge in [0.15, 0.2) is 5.76 Å². The molecule has 8 heteroatoms. The van der Waals surface area contributed by atoms with E-state index in [0.717, 1.165) is 5.75 Å². The maximum Gasteiger partial charge on any atom is 0.266 e. The Labute approximate surface area is 183 Å². The molecule has 7 nitrogen and oxygen atoms in total. The molecule has 2 heterocycles. The van der Waals surface area contributed by atoms with E-state index in [1.165, 1.54) is 0 Å². The number of halogens is 1. The summed E-state index contributed by atoms with van der Waals surface area (Å²) in [6, 6.07) is 22.1. The molecule has 4 rings (SSSR count). The summed E-state index contributed by atoms with van der Waals surface area (Å²) in [5, 5.41) is 12.9. The summed E-state index contributed by atoms with van der Waals surface area (Å²) in [6.07, 6.45) is 0. The number of nitrogens with one attached hydrogen (secondary N) is 1. The number of aromatic nitrogens is 1. The molecular formula is C23H18ClN3O4. The monoisotopic (exact) mass is 435 g/mol. The molecule has 0 aliphatic carbocycles. The first-order valence-electron chi connectivity index (χ1n) is 9.52. The highest BCUT2D eigenvalue weighted by Gasteiger charge is 2.17. The average Bonchev–Trinajstić information content (AvgIpc) is 3.44. The lowest BCUT2D eigenvalue weighted by molar-refractivity contribution is 0.271. The van der Waals surface area contributed by atoms with Gasteiger partial charge >= 0.3 is 0 Å². The van der Waals surface area contributed by atoms with Gasteiger partial charge in [0.05, 0.1) is 11.6 Å². The van der Waals surface area contributed by atoms with Crippen molar-refractivity contribution in [3.63, 3.8) is 0 Å². The Morgan fingerprint density at radius 1 is 0.968 bits per heavy atom. The number of furan rings is 1. The van der Waals surface area contributed by atoms with Crippen molar-refractivity contribution in [3.05, 3.63) is 83.2 Å². The quantitative estimate of drug-likeness (QED) is 0.345. The number of benzene rings is 2. The summed E-state index contributed by atoms with van der Waals surface area (Å²) >= 11 is 6.09. The van der Waals surface area contributed by atoms with Crippen molar-refractivity contribution >= 4 is 17.5 Å². The van der Waals surface area contributed by atoms with Gasteiger partial charge in [-0.25, -0.2) is 0 Å². The lowest BCUT2D eigenvalue weighted by Crippen LogP contribution is -2.11. The van der Waals surface area contributed by atoms with Crippen LogP contribution in [0.25, 0.3) is 11.7 Å². The van der Waals surface area contributed by atoms with E-state index in [1.54, 1.807) is 24.3 Å². The molecule has 0 unspecified atom stereocenters. The fraction of sp³-hybridized carbons (Fsp3) is 0.130. The normalized spacial score (nSPS) is 10.5. The Morgan fingerprint density at radius 3 is 2.58 bits per heavy atom. The molecule has 0 saturated carbocycles. The van der Waals surface area contributed by atoms with Crippen LogP contribution in [-0.4, -0.2) is 18.1 Å². The number of hydrogen-bond acceptors (Lipinski definition) is 7. The van der Waals surface area contributed by atoms with E-state index in [2.05, 4.69) is 10.3 Å². The molecule has 2 aromatic carbocycles. The first-order chi connectivity index (χ1) is 15.2. The average molecular weight is 436 g/mol. The minimum Gasteiger partial charge on any atom is -0.492 e. The molecule has 0 fully saturated rings. The predicted octanol–water partition coefficient (Wildman–Crippen LogP) is 5.53. The molecule has 156 valence electrons. The molecule has 0 aliphatic heterocycles. The van der Waals surface area contributed by atoms with E-state index in [4.69, 9.17) is 29.9 Å². The van der Waals surface area contributed by atoms with Gasteiger partial charge in [-0.05, 0) is 36.4 Å². The third kappa shape index (κ3) is 5.18. The number of oxazole rings is 1. The SMILES string of the molecule is N#Cc1nc(-c2ccc(COc3ccccc3Cl)o2)oc1NCCOc1ccccc1. The van der Waals surface area contributed by atoms with Crippen LogP contribution in [0.2, 0.25) is 5.02 Å². The molecule has 4 aromatic rings. The van der Waals surface area contributed by atoms with Gasteiger partial charge in [-0.1, -0.05) is 41.9 Å². The van der Waals surface area contributed by atoms with Crippen LogP contribution in [0.15, 0.2) is 75.6 Å². The van der Waals surface area contributed by atoms with Crippen molar-refractivity contribution in [1.29, 1.82) is 5.26 Å². The maximum atomic E-state index is 9.35. The van der Waals surface area contributed by atoms with Crippen molar-refractivity contribution in [3.8, 4) is 29.2 Å². The number of para-hydroxylation sites is 2. The summed E-state index contributed by atoms with van der Waals surface area (Å²) in [5.74, 6) is 2.76. The van der Waals surface area contributed by atoms with Crippen LogP contribution in [0, 0.1) is 11.3 Å². The fourth-order valence-corrected chi connectivity index (χ4v) is 2.94. The highest BCUT2D eigenvalue weighted by molar-refractivity contribution is 6.32. The van der Waals surface area contributed by atoms with Gasteiger partial charge in [0.1, 0.15) is 36.5 Å². The predicted molar refractivity (Wildman–Crippen MR) is 115 cm³/mol. The van der Waals surface area contributed by atoms with Crippen molar-refractivity contribution in [2.24, 2.45) is 0 Å². The topological polar surface area (TPSA) is 93.5 Å². The number of rotatable bonds is 9. The first kappa shape index (κ1) is 20.4. The first-order valence-corrected chi connectivity index (χ1v) is 9.90. The summed E-state index contributed by atoms with van der Waals surface area (Å²) in [5.41, 5.74) is 0.139. The van der Waals surface area contributed by atoms with Crippen LogP contribution in [0.3, 0.4) is 0 Å². The van der Waals surface area contributed by atoms with Crippen molar-refractivity contribution in [1.82, 2.24) is 4.98 Å². The van der Waals surface area contributed by atoms with Crippen LogP contribution >= 0.6 is 11.6 Å². The van der Waals surface area contributed by atoms with Gasteiger partial charge in [-0.3, -0.25) is 0 Å². The fourth-order valence-electron chi connectivity index (χ4n) is 2.75. The van der Waals surface area contributed by atoms with Crippen molar-refractivity contribution in [2.45, 2.75) is 6.61 Å². The molecule has 0 aliphatic rings. The van der Waals surface area contributed by atoms with E-state index in [1.807, 2.05) is 48.5 Å². The van der Waals surface area contributed by atoms with Crippen LogP contribution in [0.5, 0.6) is 11.5 Å². The van der Waals surface area contributed by atoms with Gasteiger partial charge < -0.3 is 23.6 Å². The van der Waals surface area contributed by atoms with E-state index in [0.29, 0.717) is 35.4 Å². The number of nitriles is 1. The molecule has 0 saturated heterocycles. The molecule has 2 aromatic heterocycles. The molecule has 0 spiro atoms. The number of ether oxygens (including phenoxy) is 2. The summed E-state index contributed by atoms with van der Waals surface area (Å²) < 4.78 is 22.7. The zero-order chi connectivity index (χ0) is 21.5. The minimum atomic E-state index is 0.139. The third-order valence-electron chi connectivity index (χ3n) is 4.21. The lowest BCUT2D eigenvalue weighted by atomic mass is 10.3. The molecular weight excluding hydrogens is 418 g/mol. The zero-order valence-corrected chi connectivity index (χ0v) is 17.1. The Hall–Kier alpha value is -3.89. The Kier molecular flexibility index (Phi) is 6.41. The number of hydrogen-bond donors (Lipinski definition) is 1. The largest absolute Gasteiger partial charge is 0.492 e. The highest BCUT2D eigenvalue weighted by Crippen LogP contribution is 2.28. The smallest absolute Gasteiger partial charge is 0.266 e. The second kappa shape index (κ2) is 9.74. The second-order valence-corrected chi connectivity index (χ2v) is 6.79. The molecule has 0 radical (unpaired) electrons. The standard InChI is InChI=1S/C23H18ClN3O4/c24-18-8-4-5-9-20(18)29-15-17-10-11-21(30-17)23-27-19(14-25)22(31-23)26-12-13-28-16-6-2-1-3-7-16/h1-11,26H,12-13,15H2.